The van der Waals surface area contributed by atoms with E-state index < -0.39 is 5.82 Å². The van der Waals surface area contributed by atoms with Crippen molar-refractivity contribution in [3.05, 3.63) is 34.6 Å². The quantitative estimate of drug-likeness (QED) is 0.883. The Kier molecular flexibility index (Phi) is 6.12. The van der Waals surface area contributed by atoms with Crippen LogP contribution in [0.3, 0.4) is 0 Å². The maximum absolute atomic E-state index is 13.9. The standard InChI is InChI=1S/C19H26ClFN2O/c20-17-10-4-6-14(18(17)21)12-22-19(24)15-7-5-11-23(13-15)16-8-2-1-3-9-16/h4,6,10,15-16H,1-3,5,7-9,11-13H2,(H,22,24)/t15-/m0/s1. The molecule has 3 rings (SSSR count). The molecule has 1 aromatic rings. The minimum absolute atomic E-state index is 0.0166. The van der Waals surface area contributed by atoms with E-state index in [2.05, 4.69) is 10.2 Å². The molecule has 1 saturated heterocycles. The molecule has 1 aromatic carbocycles. The van der Waals surface area contributed by atoms with Crippen molar-refractivity contribution in [1.29, 1.82) is 0 Å². The number of likely N-dealkylation sites (tertiary alicyclic amines) is 1. The number of nitrogens with zero attached hydrogens (tertiary/aromatic N) is 1. The molecule has 0 spiro atoms. The summed E-state index contributed by atoms with van der Waals surface area (Å²) in [5.74, 6) is -0.384. The first kappa shape index (κ1) is 17.7. The number of carbonyl (C=O) groups is 1. The normalized spacial score (nSPS) is 23.2. The second-order valence-corrected chi connectivity index (χ2v) is 7.46. The Morgan fingerprint density at radius 3 is 2.79 bits per heavy atom. The largest absolute Gasteiger partial charge is 0.352 e. The molecule has 1 atom stereocenters. The molecule has 5 heteroatoms. The van der Waals surface area contributed by atoms with Crippen LogP contribution >= 0.6 is 11.6 Å². The molecule has 0 bridgehead atoms. The third kappa shape index (κ3) is 4.28. The predicted molar refractivity (Wildman–Crippen MR) is 94.4 cm³/mol. The lowest BCUT2D eigenvalue weighted by atomic mass is 9.90. The van der Waals surface area contributed by atoms with Crippen molar-refractivity contribution < 1.29 is 9.18 Å². The first-order chi connectivity index (χ1) is 11.6. The van der Waals surface area contributed by atoms with Crippen molar-refractivity contribution in [2.24, 2.45) is 5.92 Å². The first-order valence-corrected chi connectivity index (χ1v) is 9.47. The molecule has 2 aliphatic rings. The Morgan fingerprint density at radius 2 is 2.00 bits per heavy atom. The van der Waals surface area contributed by atoms with Crippen LogP contribution in [0.1, 0.15) is 50.5 Å². The first-order valence-electron chi connectivity index (χ1n) is 9.10. The van der Waals surface area contributed by atoms with Crippen LogP contribution in [-0.2, 0) is 11.3 Å². The molecule has 1 aliphatic heterocycles. The van der Waals surface area contributed by atoms with E-state index in [0.717, 1.165) is 25.9 Å². The summed E-state index contributed by atoms with van der Waals surface area (Å²) in [6, 6.07) is 5.54. The molecular weight excluding hydrogens is 327 g/mol. The van der Waals surface area contributed by atoms with E-state index in [9.17, 15) is 9.18 Å². The molecule has 24 heavy (non-hydrogen) atoms. The van der Waals surface area contributed by atoms with E-state index in [0.29, 0.717) is 11.6 Å². The van der Waals surface area contributed by atoms with Crippen molar-refractivity contribution >= 4 is 17.5 Å². The van der Waals surface area contributed by atoms with Crippen LogP contribution in [0.25, 0.3) is 0 Å². The summed E-state index contributed by atoms with van der Waals surface area (Å²) in [6.45, 7) is 2.15. The van der Waals surface area contributed by atoms with Gasteiger partial charge in [-0.05, 0) is 38.3 Å². The van der Waals surface area contributed by atoms with E-state index in [1.807, 2.05) is 0 Å². The summed E-state index contributed by atoms with van der Waals surface area (Å²) >= 11 is 5.79. The van der Waals surface area contributed by atoms with Gasteiger partial charge in [-0.3, -0.25) is 9.69 Å². The Balaban J connectivity index is 1.53. The van der Waals surface area contributed by atoms with Crippen LogP contribution in [0.15, 0.2) is 18.2 Å². The summed E-state index contributed by atoms with van der Waals surface area (Å²) in [6.07, 6.45) is 8.49. The van der Waals surface area contributed by atoms with Gasteiger partial charge in [-0.1, -0.05) is 43.0 Å². The summed E-state index contributed by atoms with van der Waals surface area (Å²) in [5, 5.41) is 3.00. The summed E-state index contributed by atoms with van der Waals surface area (Å²) < 4.78 is 13.9. The van der Waals surface area contributed by atoms with E-state index in [4.69, 9.17) is 11.6 Å². The number of hydrogen-bond acceptors (Lipinski definition) is 2. The van der Waals surface area contributed by atoms with Crippen molar-refractivity contribution in [2.45, 2.75) is 57.5 Å². The van der Waals surface area contributed by atoms with Crippen LogP contribution in [-0.4, -0.2) is 29.9 Å². The lowest BCUT2D eigenvalue weighted by Crippen LogP contribution is -2.47. The van der Waals surface area contributed by atoms with Gasteiger partial charge in [0, 0.05) is 24.7 Å². The van der Waals surface area contributed by atoms with Crippen LogP contribution in [0.4, 0.5) is 4.39 Å². The zero-order valence-electron chi connectivity index (χ0n) is 14.1. The number of nitrogens with one attached hydrogen (secondary N) is 1. The maximum atomic E-state index is 13.9. The molecule has 1 amide bonds. The Labute approximate surface area is 148 Å². The molecule has 1 N–H and O–H groups in total. The number of rotatable bonds is 4. The second kappa shape index (κ2) is 8.30. The predicted octanol–water partition coefficient (Wildman–Crippen LogP) is 4.14. The van der Waals surface area contributed by atoms with Crippen LogP contribution in [0.5, 0.6) is 0 Å². The third-order valence-electron chi connectivity index (χ3n) is 5.40. The Bertz CT molecular complexity index is 574. The van der Waals surface area contributed by atoms with E-state index in [1.54, 1.807) is 12.1 Å². The summed E-state index contributed by atoms with van der Waals surface area (Å²) in [5.41, 5.74) is 0.441. The van der Waals surface area contributed by atoms with Gasteiger partial charge < -0.3 is 5.32 Å². The van der Waals surface area contributed by atoms with Gasteiger partial charge in [0.2, 0.25) is 5.91 Å². The average Bonchev–Trinajstić information content (AvgIpc) is 2.63. The van der Waals surface area contributed by atoms with Gasteiger partial charge in [0.25, 0.3) is 0 Å². The van der Waals surface area contributed by atoms with Gasteiger partial charge in [0.05, 0.1) is 10.9 Å². The zero-order valence-corrected chi connectivity index (χ0v) is 14.8. The molecule has 1 heterocycles. The molecule has 1 saturated carbocycles. The Morgan fingerprint density at radius 1 is 1.21 bits per heavy atom. The lowest BCUT2D eigenvalue weighted by Gasteiger charge is -2.39. The topological polar surface area (TPSA) is 32.3 Å². The van der Waals surface area contributed by atoms with Gasteiger partial charge in [0.1, 0.15) is 5.82 Å². The van der Waals surface area contributed by atoms with Gasteiger partial charge in [-0.2, -0.15) is 0 Å². The molecule has 0 unspecified atom stereocenters. The number of benzene rings is 1. The van der Waals surface area contributed by atoms with E-state index in [1.165, 1.54) is 38.2 Å². The zero-order chi connectivity index (χ0) is 16.9. The molecule has 0 aromatic heterocycles. The van der Waals surface area contributed by atoms with Gasteiger partial charge in [-0.25, -0.2) is 4.39 Å². The SMILES string of the molecule is O=C(NCc1cccc(Cl)c1F)[C@H]1CCCN(C2CCCCC2)C1. The lowest BCUT2D eigenvalue weighted by molar-refractivity contribution is -0.127. The molecule has 0 radical (unpaired) electrons. The van der Waals surface area contributed by atoms with Crippen molar-refractivity contribution in [2.75, 3.05) is 13.1 Å². The molecule has 132 valence electrons. The van der Waals surface area contributed by atoms with Crippen LogP contribution in [0, 0.1) is 11.7 Å². The molecule has 2 fully saturated rings. The van der Waals surface area contributed by atoms with E-state index >= 15 is 0 Å². The fraction of sp³-hybridized carbons (Fsp3) is 0.632. The highest BCUT2D eigenvalue weighted by molar-refractivity contribution is 6.30. The number of carbonyl (C=O) groups excluding carboxylic acids is 1. The molecule has 3 nitrogen and oxygen atoms in total. The third-order valence-corrected chi connectivity index (χ3v) is 5.69. The van der Waals surface area contributed by atoms with Gasteiger partial charge in [-0.15, -0.1) is 0 Å². The highest BCUT2D eigenvalue weighted by Gasteiger charge is 2.30. The fourth-order valence-corrected chi connectivity index (χ4v) is 4.20. The highest BCUT2D eigenvalue weighted by atomic mass is 35.5. The van der Waals surface area contributed by atoms with Gasteiger partial charge in [0.15, 0.2) is 0 Å². The maximum Gasteiger partial charge on any atom is 0.224 e. The summed E-state index contributed by atoms with van der Waals surface area (Å²) in [7, 11) is 0. The van der Waals surface area contributed by atoms with Crippen LogP contribution < -0.4 is 5.32 Å². The fourth-order valence-electron chi connectivity index (χ4n) is 4.01. The highest BCUT2D eigenvalue weighted by Crippen LogP contribution is 2.27. The second-order valence-electron chi connectivity index (χ2n) is 7.06. The van der Waals surface area contributed by atoms with Crippen LogP contribution in [0.2, 0.25) is 5.02 Å². The minimum Gasteiger partial charge on any atom is -0.352 e. The van der Waals surface area contributed by atoms with Crippen molar-refractivity contribution in [3.8, 4) is 0 Å². The number of piperidine rings is 1. The monoisotopic (exact) mass is 352 g/mol. The van der Waals surface area contributed by atoms with Gasteiger partial charge >= 0.3 is 0 Å². The number of hydrogen-bond donors (Lipinski definition) is 1. The minimum atomic E-state index is -0.438. The average molecular weight is 353 g/mol. The summed E-state index contributed by atoms with van der Waals surface area (Å²) in [4.78, 5) is 15.0. The smallest absolute Gasteiger partial charge is 0.224 e. The molecule has 1 aliphatic carbocycles. The van der Waals surface area contributed by atoms with Crippen molar-refractivity contribution in [1.82, 2.24) is 10.2 Å². The number of halogens is 2. The molecular formula is C19H26ClFN2O. The van der Waals surface area contributed by atoms with Crippen molar-refractivity contribution in [3.63, 3.8) is 0 Å². The Hall–Kier alpha value is -1.13. The number of amides is 1. The van der Waals surface area contributed by atoms with E-state index in [-0.39, 0.29) is 23.4 Å².